The fraction of sp³-hybridized carbons (Fsp3) is 0.538. The Labute approximate surface area is 108 Å². The lowest BCUT2D eigenvalue weighted by Crippen LogP contribution is -2.23. The third-order valence-electron chi connectivity index (χ3n) is 3.20. The van der Waals surface area contributed by atoms with Gasteiger partial charge in [0.25, 0.3) is 0 Å². The molecule has 0 spiro atoms. The van der Waals surface area contributed by atoms with Gasteiger partial charge in [0.15, 0.2) is 9.84 Å². The molecule has 5 heteroatoms. The van der Waals surface area contributed by atoms with E-state index in [0.717, 1.165) is 24.2 Å². The summed E-state index contributed by atoms with van der Waals surface area (Å²) in [5, 5.41) is 0. The smallest absolute Gasteiger partial charge is 0.150 e. The molecule has 1 heterocycles. The van der Waals surface area contributed by atoms with Crippen molar-refractivity contribution in [2.45, 2.75) is 18.8 Å². The number of hydrogen-bond donors (Lipinski definition) is 1. The van der Waals surface area contributed by atoms with Gasteiger partial charge in [-0.2, -0.15) is 0 Å². The van der Waals surface area contributed by atoms with Crippen molar-refractivity contribution in [3.63, 3.8) is 0 Å². The summed E-state index contributed by atoms with van der Waals surface area (Å²) in [4.78, 5) is 0. The van der Waals surface area contributed by atoms with E-state index in [1.165, 1.54) is 0 Å². The minimum Gasteiger partial charge on any atom is -0.492 e. The zero-order valence-electron chi connectivity index (χ0n) is 10.3. The number of sulfone groups is 1. The molecular weight excluding hydrogens is 250 g/mol. The first kappa shape index (κ1) is 13.4. The van der Waals surface area contributed by atoms with Crippen molar-refractivity contribution in [3.05, 3.63) is 29.8 Å². The maximum Gasteiger partial charge on any atom is 0.150 e. The maximum atomic E-state index is 11.6. The van der Waals surface area contributed by atoms with Crippen LogP contribution in [-0.4, -0.2) is 33.1 Å². The van der Waals surface area contributed by atoms with Gasteiger partial charge in [-0.15, -0.1) is 0 Å². The van der Waals surface area contributed by atoms with E-state index in [2.05, 4.69) is 0 Å². The molecule has 1 aromatic rings. The van der Waals surface area contributed by atoms with E-state index in [1.807, 2.05) is 24.3 Å². The first-order chi connectivity index (χ1) is 8.61. The maximum absolute atomic E-state index is 11.6. The molecule has 2 N–H and O–H groups in total. The minimum atomic E-state index is -2.85. The van der Waals surface area contributed by atoms with Crippen LogP contribution in [0.2, 0.25) is 0 Å². The number of benzene rings is 1. The molecule has 100 valence electrons. The van der Waals surface area contributed by atoms with E-state index in [-0.39, 0.29) is 11.7 Å². The highest BCUT2D eigenvalue weighted by molar-refractivity contribution is 7.91. The molecule has 18 heavy (non-hydrogen) atoms. The Morgan fingerprint density at radius 2 is 2.00 bits per heavy atom. The summed E-state index contributed by atoms with van der Waals surface area (Å²) in [5.74, 6) is 1.52. The summed E-state index contributed by atoms with van der Waals surface area (Å²) in [6.07, 6.45) is 1.71. The Balaban J connectivity index is 2.05. The van der Waals surface area contributed by atoms with Gasteiger partial charge in [-0.1, -0.05) is 12.1 Å². The van der Waals surface area contributed by atoms with Crippen LogP contribution in [0.5, 0.6) is 5.75 Å². The van der Waals surface area contributed by atoms with Crippen LogP contribution in [0.4, 0.5) is 0 Å². The Bertz CT molecular complexity index is 481. The van der Waals surface area contributed by atoms with Gasteiger partial charge in [-0.05, 0) is 36.5 Å². The summed E-state index contributed by atoms with van der Waals surface area (Å²) >= 11 is 0. The molecule has 4 nitrogen and oxygen atoms in total. The Morgan fingerprint density at radius 1 is 1.28 bits per heavy atom. The molecule has 1 aromatic carbocycles. The second kappa shape index (κ2) is 5.71. The van der Waals surface area contributed by atoms with Crippen molar-refractivity contribution >= 4 is 9.84 Å². The highest BCUT2D eigenvalue weighted by Gasteiger charge is 2.25. The van der Waals surface area contributed by atoms with Crippen LogP contribution in [0.1, 0.15) is 24.3 Å². The molecule has 1 atom stereocenters. The predicted octanol–water partition coefficient (Wildman–Crippen LogP) is 1.32. The molecule has 0 bridgehead atoms. The van der Waals surface area contributed by atoms with Crippen LogP contribution in [0.15, 0.2) is 24.3 Å². The molecule has 1 saturated heterocycles. The van der Waals surface area contributed by atoms with Crippen LogP contribution in [-0.2, 0) is 9.84 Å². The second-order valence-electron chi connectivity index (χ2n) is 4.66. The molecule has 1 aliphatic rings. The van der Waals surface area contributed by atoms with E-state index in [9.17, 15) is 8.42 Å². The first-order valence-corrected chi connectivity index (χ1v) is 8.06. The van der Waals surface area contributed by atoms with Crippen LogP contribution >= 0.6 is 0 Å². The van der Waals surface area contributed by atoms with E-state index in [0.29, 0.717) is 18.9 Å². The minimum absolute atomic E-state index is 0.132. The van der Waals surface area contributed by atoms with E-state index < -0.39 is 9.84 Å². The average molecular weight is 269 g/mol. The monoisotopic (exact) mass is 269 g/mol. The summed E-state index contributed by atoms with van der Waals surface area (Å²) in [7, 11) is -2.85. The van der Waals surface area contributed by atoms with Crippen molar-refractivity contribution in [1.29, 1.82) is 0 Å². The summed E-state index contributed by atoms with van der Waals surface area (Å²) in [5.41, 5.74) is 6.44. The van der Waals surface area contributed by atoms with Gasteiger partial charge in [-0.25, -0.2) is 8.42 Å². The van der Waals surface area contributed by atoms with Crippen molar-refractivity contribution in [1.82, 2.24) is 0 Å². The second-order valence-corrected chi connectivity index (χ2v) is 6.89. The number of ether oxygens (including phenoxy) is 1. The highest BCUT2D eigenvalue weighted by Crippen LogP contribution is 2.29. The third-order valence-corrected chi connectivity index (χ3v) is 5.02. The lowest BCUT2D eigenvalue weighted by Gasteiger charge is -2.22. The van der Waals surface area contributed by atoms with Crippen LogP contribution in [0.25, 0.3) is 0 Å². The van der Waals surface area contributed by atoms with Crippen LogP contribution in [0, 0.1) is 0 Å². The summed E-state index contributed by atoms with van der Waals surface area (Å²) in [6.45, 7) is 0.986. The van der Waals surface area contributed by atoms with Crippen molar-refractivity contribution in [2.75, 3.05) is 24.7 Å². The van der Waals surface area contributed by atoms with Gasteiger partial charge < -0.3 is 10.5 Å². The molecule has 0 radical (unpaired) electrons. The summed E-state index contributed by atoms with van der Waals surface area (Å²) in [6, 6.07) is 7.67. The zero-order chi connectivity index (χ0) is 13.0. The van der Waals surface area contributed by atoms with Gasteiger partial charge in [-0.3, -0.25) is 0 Å². The van der Waals surface area contributed by atoms with Gasteiger partial charge in [0.05, 0.1) is 11.5 Å². The Kier molecular flexibility index (Phi) is 4.24. The normalized spacial score (nSPS) is 22.6. The molecule has 0 aliphatic carbocycles. The Morgan fingerprint density at radius 3 is 2.61 bits per heavy atom. The Hall–Kier alpha value is -1.07. The first-order valence-electron chi connectivity index (χ1n) is 6.24. The quantitative estimate of drug-likeness (QED) is 0.895. The fourth-order valence-corrected chi connectivity index (χ4v) is 4.04. The lowest BCUT2D eigenvalue weighted by molar-refractivity contribution is 0.328. The lowest BCUT2D eigenvalue weighted by atomic mass is 9.96. The average Bonchev–Trinajstić information content (AvgIpc) is 2.36. The van der Waals surface area contributed by atoms with Gasteiger partial charge in [0, 0.05) is 6.54 Å². The van der Waals surface area contributed by atoms with Gasteiger partial charge in [0.1, 0.15) is 12.4 Å². The van der Waals surface area contributed by atoms with Crippen molar-refractivity contribution in [3.8, 4) is 5.75 Å². The SMILES string of the molecule is NCCOc1ccc(C2CCCS(=O)(=O)C2)cc1. The van der Waals surface area contributed by atoms with Crippen LogP contribution < -0.4 is 10.5 Å². The van der Waals surface area contributed by atoms with Crippen molar-refractivity contribution in [2.24, 2.45) is 5.73 Å². The van der Waals surface area contributed by atoms with E-state index in [1.54, 1.807) is 0 Å². The van der Waals surface area contributed by atoms with E-state index >= 15 is 0 Å². The van der Waals surface area contributed by atoms with Gasteiger partial charge >= 0.3 is 0 Å². The zero-order valence-corrected chi connectivity index (χ0v) is 11.2. The third kappa shape index (κ3) is 3.46. The number of nitrogens with two attached hydrogens (primary N) is 1. The molecule has 0 aromatic heterocycles. The van der Waals surface area contributed by atoms with Crippen molar-refractivity contribution < 1.29 is 13.2 Å². The number of hydrogen-bond acceptors (Lipinski definition) is 4. The highest BCUT2D eigenvalue weighted by atomic mass is 32.2. The molecule has 1 aliphatic heterocycles. The molecule has 1 unspecified atom stereocenters. The summed E-state index contributed by atoms with van der Waals surface area (Å²) < 4.78 is 28.6. The topological polar surface area (TPSA) is 69.4 Å². The van der Waals surface area contributed by atoms with Gasteiger partial charge in [0.2, 0.25) is 0 Å². The van der Waals surface area contributed by atoms with Crippen LogP contribution in [0.3, 0.4) is 0 Å². The number of rotatable bonds is 4. The molecule has 2 rings (SSSR count). The molecule has 1 fully saturated rings. The molecule has 0 amide bonds. The fourth-order valence-electron chi connectivity index (χ4n) is 2.30. The van der Waals surface area contributed by atoms with E-state index in [4.69, 9.17) is 10.5 Å². The molecular formula is C13H19NO3S. The molecule has 0 saturated carbocycles. The standard InChI is InChI=1S/C13H19NO3S/c14-7-8-17-13-5-3-11(4-6-13)12-2-1-9-18(15,16)10-12/h3-6,12H,1-2,7-10,14H2. The largest absolute Gasteiger partial charge is 0.492 e. The predicted molar refractivity (Wildman–Crippen MR) is 71.6 cm³/mol.